The van der Waals surface area contributed by atoms with Gasteiger partial charge in [-0.3, -0.25) is 4.79 Å². The van der Waals surface area contributed by atoms with Crippen LogP contribution in [0.15, 0.2) is 59.5 Å². The molecule has 0 radical (unpaired) electrons. The van der Waals surface area contributed by atoms with Gasteiger partial charge in [0, 0.05) is 31.8 Å². The van der Waals surface area contributed by atoms with Crippen LogP contribution in [0.1, 0.15) is 41.7 Å². The Hall–Kier alpha value is -2.22. The number of piperidine rings is 1. The van der Waals surface area contributed by atoms with Crippen molar-refractivity contribution in [2.45, 2.75) is 36.8 Å². The number of carbonyl (C=O) groups is 1. The van der Waals surface area contributed by atoms with E-state index >= 15 is 0 Å². The van der Waals surface area contributed by atoms with E-state index in [2.05, 4.69) is 4.72 Å². The fourth-order valence-corrected chi connectivity index (χ4v) is 4.66. The number of hydrogen-bond acceptors (Lipinski definition) is 4. The van der Waals surface area contributed by atoms with Gasteiger partial charge in [0.1, 0.15) is 0 Å². The first-order valence-electron chi connectivity index (χ1n) is 9.40. The molecule has 0 bridgehead atoms. The van der Waals surface area contributed by atoms with E-state index in [0.29, 0.717) is 18.7 Å². The zero-order valence-corrected chi connectivity index (χ0v) is 17.0. The number of carbonyl (C=O) groups excluding carboxylic acids is 1. The summed E-state index contributed by atoms with van der Waals surface area (Å²) >= 11 is 0. The summed E-state index contributed by atoms with van der Waals surface area (Å²) in [5.74, 6) is -0.150. The quantitative estimate of drug-likeness (QED) is 0.806. The summed E-state index contributed by atoms with van der Waals surface area (Å²) in [5, 5.41) is 0. The number of amides is 1. The highest BCUT2D eigenvalue weighted by Crippen LogP contribution is 2.20. The Morgan fingerprint density at radius 2 is 1.79 bits per heavy atom. The molecule has 1 atom stereocenters. The summed E-state index contributed by atoms with van der Waals surface area (Å²) in [6, 6.07) is 15.2. The number of methoxy groups -OCH3 is 1. The second-order valence-corrected chi connectivity index (χ2v) is 8.72. The van der Waals surface area contributed by atoms with Crippen LogP contribution in [0.25, 0.3) is 0 Å². The zero-order chi connectivity index (χ0) is 20.1. The molecule has 1 amide bonds. The van der Waals surface area contributed by atoms with Gasteiger partial charge in [0.05, 0.1) is 11.0 Å². The third kappa shape index (κ3) is 4.79. The molecule has 150 valence electrons. The van der Waals surface area contributed by atoms with Gasteiger partial charge >= 0.3 is 0 Å². The summed E-state index contributed by atoms with van der Waals surface area (Å²) in [4.78, 5) is 14.6. The lowest BCUT2D eigenvalue weighted by Crippen LogP contribution is -2.40. The molecule has 1 N–H and O–H groups in total. The van der Waals surface area contributed by atoms with Crippen LogP contribution < -0.4 is 4.72 Å². The molecule has 0 aliphatic carbocycles. The van der Waals surface area contributed by atoms with Gasteiger partial charge in [-0.05, 0) is 43.5 Å². The number of ether oxygens (including phenoxy) is 1. The molecule has 0 aromatic heterocycles. The first-order chi connectivity index (χ1) is 13.4. The molecular formula is C21H26N2O4S. The molecule has 2 aromatic rings. The minimum atomic E-state index is -3.75. The van der Waals surface area contributed by atoms with E-state index in [4.69, 9.17) is 4.74 Å². The van der Waals surface area contributed by atoms with Crippen LogP contribution in [0.4, 0.5) is 0 Å². The van der Waals surface area contributed by atoms with Gasteiger partial charge in [0.2, 0.25) is 10.0 Å². The molecule has 2 aromatic carbocycles. The molecule has 1 unspecified atom stereocenters. The molecule has 1 aliphatic rings. The predicted octanol–water partition coefficient (Wildman–Crippen LogP) is 2.98. The van der Waals surface area contributed by atoms with Gasteiger partial charge in [-0.25, -0.2) is 13.1 Å². The maximum absolute atomic E-state index is 12.8. The number of benzene rings is 2. The number of hydrogen-bond donors (Lipinski definition) is 1. The second kappa shape index (κ2) is 8.86. The summed E-state index contributed by atoms with van der Waals surface area (Å²) in [5.41, 5.74) is 1.26. The SMILES string of the molecule is COC1CCN(C(=O)c2cccc(S(=O)(=O)NC(C)c3ccccc3)c2)CC1. The van der Waals surface area contributed by atoms with Crippen molar-refractivity contribution in [2.24, 2.45) is 0 Å². The molecule has 1 saturated heterocycles. The Morgan fingerprint density at radius 1 is 1.11 bits per heavy atom. The third-order valence-electron chi connectivity index (χ3n) is 5.09. The van der Waals surface area contributed by atoms with Crippen LogP contribution >= 0.6 is 0 Å². The van der Waals surface area contributed by atoms with Gasteiger partial charge in [0.15, 0.2) is 0 Å². The molecule has 0 saturated carbocycles. The molecule has 28 heavy (non-hydrogen) atoms. The Balaban J connectivity index is 1.74. The first-order valence-corrected chi connectivity index (χ1v) is 10.9. The number of rotatable bonds is 6. The van der Waals surface area contributed by atoms with E-state index in [0.717, 1.165) is 18.4 Å². The van der Waals surface area contributed by atoms with E-state index < -0.39 is 10.0 Å². The third-order valence-corrected chi connectivity index (χ3v) is 6.62. The smallest absolute Gasteiger partial charge is 0.253 e. The van der Waals surface area contributed by atoms with Gasteiger partial charge in [-0.15, -0.1) is 0 Å². The van der Waals surface area contributed by atoms with Crippen LogP contribution in [0.5, 0.6) is 0 Å². The van der Waals surface area contributed by atoms with E-state index in [1.165, 1.54) is 12.1 Å². The Bertz CT molecular complexity index is 907. The van der Waals surface area contributed by atoms with E-state index in [1.54, 1.807) is 31.1 Å². The summed E-state index contributed by atoms with van der Waals surface area (Å²) in [6.07, 6.45) is 1.76. The molecule has 3 rings (SSSR count). The van der Waals surface area contributed by atoms with Crippen molar-refractivity contribution in [3.63, 3.8) is 0 Å². The van der Waals surface area contributed by atoms with E-state index in [-0.39, 0.29) is 22.9 Å². The van der Waals surface area contributed by atoms with Crippen molar-refractivity contribution in [3.8, 4) is 0 Å². The van der Waals surface area contributed by atoms with Gasteiger partial charge in [-0.2, -0.15) is 0 Å². The number of likely N-dealkylation sites (tertiary alicyclic amines) is 1. The largest absolute Gasteiger partial charge is 0.381 e. The Labute approximate surface area is 166 Å². The fraction of sp³-hybridized carbons (Fsp3) is 0.381. The van der Waals surface area contributed by atoms with Gasteiger partial charge < -0.3 is 9.64 Å². The fourth-order valence-electron chi connectivity index (χ4n) is 3.38. The highest BCUT2D eigenvalue weighted by atomic mass is 32.2. The highest BCUT2D eigenvalue weighted by molar-refractivity contribution is 7.89. The molecular weight excluding hydrogens is 376 g/mol. The van der Waals surface area contributed by atoms with Crippen LogP contribution in [0.2, 0.25) is 0 Å². The molecule has 7 heteroatoms. The topological polar surface area (TPSA) is 75.7 Å². The van der Waals surface area contributed by atoms with Crippen molar-refractivity contribution >= 4 is 15.9 Å². The van der Waals surface area contributed by atoms with Crippen LogP contribution in [-0.2, 0) is 14.8 Å². The first kappa shape index (κ1) is 20.5. The van der Waals surface area contributed by atoms with Gasteiger partial charge in [-0.1, -0.05) is 36.4 Å². The monoisotopic (exact) mass is 402 g/mol. The normalized spacial score (nSPS) is 16.7. The standard InChI is InChI=1S/C21H26N2O4S/c1-16(17-7-4-3-5-8-17)22-28(25,26)20-10-6-9-18(15-20)21(24)23-13-11-19(27-2)12-14-23/h3-10,15-16,19,22H,11-14H2,1-2H3. The summed E-state index contributed by atoms with van der Waals surface area (Å²) in [6.45, 7) is 3.01. The number of sulfonamides is 1. The lowest BCUT2D eigenvalue weighted by atomic mass is 10.1. The Morgan fingerprint density at radius 3 is 2.43 bits per heavy atom. The second-order valence-electron chi connectivity index (χ2n) is 7.01. The molecule has 1 aliphatic heterocycles. The highest BCUT2D eigenvalue weighted by Gasteiger charge is 2.25. The number of nitrogens with one attached hydrogen (secondary N) is 1. The minimum Gasteiger partial charge on any atom is -0.381 e. The van der Waals surface area contributed by atoms with Crippen LogP contribution in [0.3, 0.4) is 0 Å². The maximum Gasteiger partial charge on any atom is 0.253 e. The summed E-state index contributed by atoms with van der Waals surface area (Å²) in [7, 11) is -2.07. The molecule has 1 heterocycles. The minimum absolute atomic E-state index is 0.0907. The lowest BCUT2D eigenvalue weighted by Gasteiger charge is -2.31. The van der Waals surface area contributed by atoms with Crippen molar-refractivity contribution in [1.29, 1.82) is 0 Å². The van der Waals surface area contributed by atoms with E-state index in [9.17, 15) is 13.2 Å². The van der Waals surface area contributed by atoms with Crippen LogP contribution in [0, 0.1) is 0 Å². The number of nitrogens with zero attached hydrogens (tertiary/aromatic N) is 1. The van der Waals surface area contributed by atoms with Crippen molar-refractivity contribution in [3.05, 3.63) is 65.7 Å². The molecule has 6 nitrogen and oxygen atoms in total. The molecule has 0 spiro atoms. The van der Waals surface area contributed by atoms with Crippen LogP contribution in [-0.4, -0.2) is 45.5 Å². The van der Waals surface area contributed by atoms with Crippen molar-refractivity contribution in [1.82, 2.24) is 9.62 Å². The molecule has 1 fully saturated rings. The summed E-state index contributed by atoms with van der Waals surface area (Å²) < 4.78 is 33.6. The Kier molecular flexibility index (Phi) is 6.49. The average molecular weight is 403 g/mol. The zero-order valence-electron chi connectivity index (χ0n) is 16.2. The lowest BCUT2D eigenvalue weighted by molar-refractivity contribution is 0.0350. The predicted molar refractivity (Wildman–Crippen MR) is 108 cm³/mol. The van der Waals surface area contributed by atoms with E-state index in [1.807, 2.05) is 30.3 Å². The van der Waals surface area contributed by atoms with Crippen molar-refractivity contribution < 1.29 is 17.9 Å². The van der Waals surface area contributed by atoms with Crippen molar-refractivity contribution in [2.75, 3.05) is 20.2 Å². The maximum atomic E-state index is 12.8. The van der Waals surface area contributed by atoms with Gasteiger partial charge in [0.25, 0.3) is 5.91 Å². The average Bonchev–Trinajstić information content (AvgIpc) is 2.73.